The molecule has 0 saturated carbocycles. The van der Waals surface area contributed by atoms with Crippen molar-refractivity contribution < 1.29 is 14.4 Å². The van der Waals surface area contributed by atoms with Crippen molar-refractivity contribution in [3.8, 4) is 0 Å². The third kappa shape index (κ3) is 4.52. The predicted octanol–water partition coefficient (Wildman–Crippen LogP) is 2.97. The second-order valence-corrected chi connectivity index (χ2v) is 9.86. The standard InChI is InChI=1S/C27H33N5O3/c1-18(2)16-27(22-11-6-5-7-12-22)25(35)32(26(28)29-27)19(3)20-9-8-10-21(15-20)24(34)31-14-13-30(4)23(33)17-31/h5-12,15,18-19H,13-14,16-17H2,1-4H3,(H2,28,29)/t19-,27-/m1/s1. The van der Waals surface area contributed by atoms with Crippen LogP contribution in [0, 0.1) is 11.3 Å². The minimum Gasteiger partial charge on any atom is -0.342 e. The molecule has 2 saturated heterocycles. The molecule has 2 atom stereocenters. The molecule has 8 nitrogen and oxygen atoms in total. The molecule has 8 heteroatoms. The lowest BCUT2D eigenvalue weighted by molar-refractivity contribution is -0.134. The number of hydrogen-bond acceptors (Lipinski definition) is 4. The molecule has 0 aliphatic carbocycles. The first kappa shape index (κ1) is 24.4. The van der Waals surface area contributed by atoms with E-state index in [-0.39, 0.29) is 36.1 Å². The highest BCUT2D eigenvalue weighted by Gasteiger charge is 2.52. The molecule has 2 aliphatic rings. The maximum atomic E-state index is 13.9. The van der Waals surface area contributed by atoms with E-state index in [0.29, 0.717) is 25.1 Å². The smallest absolute Gasteiger partial charge is 0.260 e. The maximum Gasteiger partial charge on any atom is 0.260 e. The van der Waals surface area contributed by atoms with Gasteiger partial charge in [-0.15, -0.1) is 0 Å². The van der Waals surface area contributed by atoms with Gasteiger partial charge < -0.3 is 15.1 Å². The van der Waals surface area contributed by atoms with Gasteiger partial charge in [-0.25, -0.2) is 0 Å². The third-order valence-corrected chi connectivity index (χ3v) is 6.89. The van der Waals surface area contributed by atoms with Gasteiger partial charge in [0.1, 0.15) is 12.1 Å². The van der Waals surface area contributed by atoms with Crippen LogP contribution in [-0.2, 0) is 15.1 Å². The van der Waals surface area contributed by atoms with E-state index in [9.17, 15) is 14.4 Å². The van der Waals surface area contributed by atoms with Crippen molar-refractivity contribution in [3.05, 3.63) is 71.3 Å². The highest BCUT2D eigenvalue weighted by molar-refractivity contribution is 6.08. The fourth-order valence-corrected chi connectivity index (χ4v) is 4.97. The summed E-state index contributed by atoms with van der Waals surface area (Å²) in [5.74, 6) is -0.190. The molecular formula is C27H33N5O3. The van der Waals surface area contributed by atoms with E-state index >= 15 is 0 Å². The number of hydrogen-bond donors (Lipinski definition) is 2. The fourth-order valence-electron chi connectivity index (χ4n) is 4.97. The number of nitrogens with one attached hydrogen (secondary N) is 2. The van der Waals surface area contributed by atoms with Crippen LogP contribution in [0.15, 0.2) is 54.6 Å². The van der Waals surface area contributed by atoms with Gasteiger partial charge in [-0.1, -0.05) is 56.3 Å². The lowest BCUT2D eigenvalue weighted by Gasteiger charge is -2.32. The van der Waals surface area contributed by atoms with Crippen molar-refractivity contribution in [2.24, 2.45) is 5.92 Å². The number of piperazine rings is 1. The molecule has 0 bridgehead atoms. The highest BCUT2D eigenvalue weighted by atomic mass is 16.2. The van der Waals surface area contributed by atoms with Crippen LogP contribution in [0.2, 0.25) is 0 Å². The Bertz CT molecular complexity index is 1150. The Morgan fingerprint density at radius 2 is 1.77 bits per heavy atom. The summed E-state index contributed by atoms with van der Waals surface area (Å²) in [6, 6.07) is 16.2. The molecule has 35 heavy (non-hydrogen) atoms. The fraction of sp³-hybridized carbons (Fsp3) is 0.407. The minimum absolute atomic E-state index is 0.0494. The van der Waals surface area contributed by atoms with E-state index in [1.807, 2.05) is 43.3 Å². The Kier molecular flexibility index (Phi) is 6.65. The van der Waals surface area contributed by atoms with E-state index in [0.717, 1.165) is 11.1 Å². The molecular weight excluding hydrogens is 442 g/mol. The number of carbonyl (C=O) groups is 3. The summed E-state index contributed by atoms with van der Waals surface area (Å²) in [5, 5.41) is 11.9. The molecule has 2 aromatic carbocycles. The number of likely N-dealkylation sites (N-methyl/N-ethyl adjacent to an activating group) is 1. The molecule has 2 fully saturated rings. The lowest BCUT2D eigenvalue weighted by Crippen LogP contribution is -2.50. The van der Waals surface area contributed by atoms with Crippen LogP contribution in [0.4, 0.5) is 0 Å². The average Bonchev–Trinajstić information content (AvgIpc) is 3.09. The van der Waals surface area contributed by atoms with Gasteiger partial charge >= 0.3 is 0 Å². The van der Waals surface area contributed by atoms with Crippen LogP contribution in [-0.4, -0.2) is 65.1 Å². The van der Waals surface area contributed by atoms with Crippen LogP contribution in [0.1, 0.15) is 54.7 Å². The van der Waals surface area contributed by atoms with Gasteiger partial charge in [0.25, 0.3) is 11.8 Å². The van der Waals surface area contributed by atoms with Crippen LogP contribution < -0.4 is 5.32 Å². The Hall–Kier alpha value is -3.68. The van der Waals surface area contributed by atoms with Crippen LogP contribution in [0.25, 0.3) is 0 Å². The van der Waals surface area contributed by atoms with E-state index in [1.165, 1.54) is 4.90 Å². The van der Waals surface area contributed by atoms with Crippen molar-refractivity contribution >= 4 is 23.7 Å². The number of guanidine groups is 1. The molecule has 3 amide bonds. The zero-order valence-corrected chi connectivity index (χ0v) is 20.7. The maximum absolute atomic E-state index is 13.9. The largest absolute Gasteiger partial charge is 0.342 e. The molecule has 0 radical (unpaired) electrons. The molecule has 184 valence electrons. The summed E-state index contributed by atoms with van der Waals surface area (Å²) >= 11 is 0. The van der Waals surface area contributed by atoms with E-state index < -0.39 is 11.6 Å². The van der Waals surface area contributed by atoms with Crippen molar-refractivity contribution in [2.75, 3.05) is 26.7 Å². The summed E-state index contributed by atoms with van der Waals surface area (Å²) in [4.78, 5) is 43.8. The topological polar surface area (TPSA) is 96.8 Å². The molecule has 0 aromatic heterocycles. The Morgan fingerprint density at radius 3 is 2.43 bits per heavy atom. The molecule has 0 spiro atoms. The van der Waals surface area contributed by atoms with Crippen LogP contribution in [0.3, 0.4) is 0 Å². The van der Waals surface area contributed by atoms with E-state index in [1.54, 1.807) is 35.0 Å². The highest BCUT2D eigenvalue weighted by Crippen LogP contribution is 2.38. The molecule has 2 heterocycles. The number of rotatable bonds is 6. The van der Waals surface area contributed by atoms with E-state index in [2.05, 4.69) is 19.2 Å². The predicted molar refractivity (Wildman–Crippen MR) is 134 cm³/mol. The minimum atomic E-state index is -1.01. The number of amides is 3. The average molecular weight is 476 g/mol. The lowest BCUT2D eigenvalue weighted by atomic mass is 9.82. The normalized spacial score (nSPS) is 21.5. The Balaban J connectivity index is 1.61. The van der Waals surface area contributed by atoms with Gasteiger partial charge in [0.05, 0.1) is 6.04 Å². The zero-order valence-electron chi connectivity index (χ0n) is 20.7. The Labute approximate surface area is 206 Å². The van der Waals surface area contributed by atoms with Crippen LogP contribution in [0.5, 0.6) is 0 Å². The van der Waals surface area contributed by atoms with E-state index in [4.69, 9.17) is 5.41 Å². The summed E-state index contributed by atoms with van der Waals surface area (Å²) in [5.41, 5.74) is 1.05. The second-order valence-electron chi connectivity index (χ2n) is 9.86. The monoisotopic (exact) mass is 475 g/mol. The summed E-state index contributed by atoms with van der Waals surface area (Å²) in [6.45, 7) is 7.04. The van der Waals surface area contributed by atoms with Gasteiger partial charge in [-0.05, 0) is 42.5 Å². The van der Waals surface area contributed by atoms with Crippen molar-refractivity contribution in [1.82, 2.24) is 20.0 Å². The van der Waals surface area contributed by atoms with Crippen LogP contribution >= 0.6 is 0 Å². The third-order valence-electron chi connectivity index (χ3n) is 6.89. The van der Waals surface area contributed by atoms with Gasteiger partial charge in [0.15, 0.2) is 5.96 Å². The summed E-state index contributed by atoms with van der Waals surface area (Å²) < 4.78 is 0. The molecule has 0 unspecified atom stereocenters. The quantitative estimate of drug-likeness (QED) is 0.671. The molecule has 2 aliphatic heterocycles. The summed E-state index contributed by atoms with van der Waals surface area (Å²) in [6.07, 6.45) is 0.553. The number of carbonyl (C=O) groups excluding carboxylic acids is 3. The van der Waals surface area contributed by atoms with Gasteiger partial charge in [-0.2, -0.15) is 0 Å². The molecule has 2 N–H and O–H groups in total. The van der Waals surface area contributed by atoms with Crippen molar-refractivity contribution in [3.63, 3.8) is 0 Å². The second kappa shape index (κ2) is 9.52. The molecule has 2 aromatic rings. The first-order chi connectivity index (χ1) is 16.6. The zero-order chi connectivity index (χ0) is 25.3. The molecule has 4 rings (SSSR count). The van der Waals surface area contributed by atoms with Crippen molar-refractivity contribution in [2.45, 2.75) is 38.8 Å². The van der Waals surface area contributed by atoms with Gasteiger partial charge in [-0.3, -0.25) is 24.7 Å². The first-order valence-corrected chi connectivity index (χ1v) is 12.0. The summed E-state index contributed by atoms with van der Waals surface area (Å²) in [7, 11) is 1.73. The number of nitrogens with zero attached hydrogens (tertiary/aromatic N) is 3. The first-order valence-electron chi connectivity index (χ1n) is 12.0. The van der Waals surface area contributed by atoms with Gasteiger partial charge in [0.2, 0.25) is 5.91 Å². The Morgan fingerprint density at radius 1 is 1.06 bits per heavy atom. The van der Waals surface area contributed by atoms with Crippen molar-refractivity contribution in [1.29, 1.82) is 5.41 Å². The number of benzene rings is 2. The SMILES string of the molecule is CC(C)C[C@]1(c2ccccc2)NC(=N)N([C@H](C)c2cccc(C(=O)N3CCN(C)C(=O)C3)c2)C1=O. The van der Waals surface area contributed by atoms with Gasteiger partial charge in [0, 0.05) is 25.7 Å².